The number of halogens is 1. The van der Waals surface area contributed by atoms with Gasteiger partial charge >= 0.3 is 0 Å². The Morgan fingerprint density at radius 1 is 1.03 bits per heavy atom. The number of hydrogen-bond acceptors (Lipinski definition) is 8. The van der Waals surface area contributed by atoms with Crippen LogP contribution in [0.3, 0.4) is 0 Å². The van der Waals surface area contributed by atoms with Gasteiger partial charge in [0.2, 0.25) is 16.7 Å². The summed E-state index contributed by atoms with van der Waals surface area (Å²) in [5, 5.41) is 15.6. The summed E-state index contributed by atoms with van der Waals surface area (Å²) in [7, 11) is 1.65. The van der Waals surface area contributed by atoms with Crippen LogP contribution in [-0.2, 0) is 0 Å². The molecule has 0 unspecified atom stereocenters. The van der Waals surface area contributed by atoms with Gasteiger partial charge in [0.05, 0.1) is 24.3 Å². The van der Waals surface area contributed by atoms with Crippen molar-refractivity contribution in [1.82, 2.24) is 19.5 Å². The third-order valence-corrected chi connectivity index (χ3v) is 7.58. The first-order valence-electron chi connectivity index (χ1n) is 11.6. The van der Waals surface area contributed by atoms with E-state index < -0.39 is 6.04 Å². The molecule has 1 fully saturated rings. The Kier molecular flexibility index (Phi) is 5.82. The van der Waals surface area contributed by atoms with Gasteiger partial charge in [-0.15, -0.1) is 5.10 Å². The van der Waals surface area contributed by atoms with Crippen LogP contribution < -0.4 is 9.64 Å². The average molecular weight is 506 g/mol. The molecule has 184 valence electrons. The van der Waals surface area contributed by atoms with E-state index in [1.54, 1.807) is 37.6 Å². The molecule has 36 heavy (non-hydrogen) atoms. The lowest BCUT2D eigenvalue weighted by atomic mass is 10.0. The summed E-state index contributed by atoms with van der Waals surface area (Å²) in [6.07, 6.45) is 1.55. The summed E-state index contributed by atoms with van der Waals surface area (Å²) >= 11 is 1.31. The number of rotatable bonds is 6. The first kappa shape index (κ1) is 22.6. The maximum atomic E-state index is 15.1. The van der Waals surface area contributed by atoms with Crippen LogP contribution in [0.15, 0.2) is 71.3 Å². The normalized spacial score (nSPS) is 15.4. The van der Waals surface area contributed by atoms with Gasteiger partial charge in [-0.05, 0) is 42.5 Å². The largest absolute Gasteiger partial charge is 0.497 e. The Labute approximate surface area is 210 Å². The molecule has 3 aromatic heterocycles. The highest BCUT2D eigenvalue weighted by Crippen LogP contribution is 2.41. The van der Waals surface area contributed by atoms with Crippen molar-refractivity contribution >= 4 is 22.0 Å². The van der Waals surface area contributed by atoms with E-state index in [2.05, 4.69) is 19.9 Å². The molecule has 0 bridgehead atoms. The lowest BCUT2D eigenvalue weighted by Crippen LogP contribution is -2.48. The third-order valence-electron chi connectivity index (χ3n) is 6.51. The van der Waals surface area contributed by atoms with Gasteiger partial charge in [-0.2, -0.15) is 9.50 Å². The standard InChI is InChI=1S/C26H24FN5O3S/c1-34-18-10-8-17(9-11-18)30-12-14-31(15-13-30)22(19-5-2-3-6-20(19)27)23-25(33)32-26(36-23)28-24(29-32)21-7-4-16-35-21/h2-11,16,22,33H,12-15H2,1H3/t22-/m0/s1. The fourth-order valence-corrected chi connectivity index (χ4v) is 5.78. The van der Waals surface area contributed by atoms with E-state index in [-0.39, 0.29) is 11.7 Å². The fraction of sp³-hybridized carbons (Fsp3) is 0.231. The molecule has 1 aliphatic rings. The first-order valence-corrected chi connectivity index (χ1v) is 12.4. The maximum absolute atomic E-state index is 15.1. The molecule has 0 spiro atoms. The second-order valence-corrected chi connectivity index (χ2v) is 9.55. The quantitative estimate of drug-likeness (QED) is 0.355. The Hall–Kier alpha value is -3.89. The lowest BCUT2D eigenvalue weighted by Gasteiger charge is -2.40. The van der Waals surface area contributed by atoms with Gasteiger partial charge in [0.1, 0.15) is 11.6 Å². The molecule has 10 heteroatoms. The van der Waals surface area contributed by atoms with Gasteiger partial charge in [-0.3, -0.25) is 4.90 Å². The molecule has 5 aromatic rings. The zero-order valence-corrected chi connectivity index (χ0v) is 20.4. The van der Waals surface area contributed by atoms with E-state index in [0.717, 1.165) is 24.5 Å². The van der Waals surface area contributed by atoms with Crippen molar-refractivity contribution in [2.45, 2.75) is 6.04 Å². The second-order valence-electron chi connectivity index (χ2n) is 8.54. The Morgan fingerprint density at radius 3 is 2.47 bits per heavy atom. The minimum Gasteiger partial charge on any atom is -0.497 e. The Morgan fingerprint density at radius 2 is 1.81 bits per heavy atom. The molecule has 6 rings (SSSR count). The molecule has 0 saturated carbocycles. The summed E-state index contributed by atoms with van der Waals surface area (Å²) in [6.45, 7) is 2.91. The maximum Gasteiger partial charge on any atom is 0.230 e. The molecule has 0 radical (unpaired) electrons. The minimum atomic E-state index is -0.468. The van der Waals surface area contributed by atoms with Crippen LogP contribution in [0.4, 0.5) is 10.1 Å². The number of methoxy groups -OCH3 is 1. The number of fused-ring (bicyclic) bond motifs is 1. The monoisotopic (exact) mass is 505 g/mol. The second kappa shape index (κ2) is 9.29. The van der Waals surface area contributed by atoms with Crippen LogP contribution in [0.1, 0.15) is 16.5 Å². The molecule has 4 heterocycles. The van der Waals surface area contributed by atoms with Gasteiger partial charge in [-0.1, -0.05) is 29.5 Å². The number of nitrogens with zero attached hydrogens (tertiary/aromatic N) is 5. The highest BCUT2D eigenvalue weighted by Gasteiger charge is 2.33. The minimum absolute atomic E-state index is 0.0360. The summed E-state index contributed by atoms with van der Waals surface area (Å²) in [6, 6.07) is 17.8. The van der Waals surface area contributed by atoms with E-state index in [0.29, 0.717) is 40.1 Å². The smallest absolute Gasteiger partial charge is 0.230 e. The molecule has 0 aliphatic carbocycles. The molecular weight excluding hydrogens is 481 g/mol. The number of thiazole rings is 1. The number of furan rings is 1. The number of aromatic nitrogens is 3. The van der Waals surface area contributed by atoms with Crippen molar-refractivity contribution < 1.29 is 18.7 Å². The highest BCUT2D eigenvalue weighted by molar-refractivity contribution is 7.17. The van der Waals surface area contributed by atoms with Crippen LogP contribution in [0.25, 0.3) is 16.5 Å². The molecule has 1 aliphatic heterocycles. The number of anilines is 1. The summed E-state index contributed by atoms with van der Waals surface area (Å²) in [5.41, 5.74) is 1.63. The zero-order valence-electron chi connectivity index (χ0n) is 19.5. The predicted octanol–water partition coefficient (Wildman–Crippen LogP) is 4.82. The highest BCUT2D eigenvalue weighted by atomic mass is 32.1. The van der Waals surface area contributed by atoms with Crippen LogP contribution in [0, 0.1) is 5.82 Å². The Balaban J connectivity index is 1.32. The van der Waals surface area contributed by atoms with Crippen molar-refractivity contribution in [3.63, 3.8) is 0 Å². The van der Waals surface area contributed by atoms with Crippen LogP contribution >= 0.6 is 11.3 Å². The first-order chi connectivity index (χ1) is 17.6. The van der Waals surface area contributed by atoms with Crippen molar-refractivity contribution in [2.24, 2.45) is 0 Å². The van der Waals surface area contributed by atoms with Gasteiger partial charge in [0.25, 0.3) is 0 Å². The summed E-state index contributed by atoms with van der Waals surface area (Å²) in [4.78, 5) is 10.2. The third kappa shape index (κ3) is 3.98. The number of hydrogen-bond donors (Lipinski definition) is 1. The van der Waals surface area contributed by atoms with Crippen LogP contribution in [-0.4, -0.2) is 57.9 Å². The molecular formula is C26H24FN5O3S. The molecule has 2 aromatic carbocycles. The molecule has 1 atom stereocenters. The zero-order chi connectivity index (χ0) is 24.6. The van der Waals surface area contributed by atoms with Gasteiger partial charge < -0.3 is 19.2 Å². The van der Waals surface area contributed by atoms with Crippen molar-refractivity contribution in [3.05, 3.63) is 83.2 Å². The average Bonchev–Trinajstić information content (AvgIpc) is 3.65. The predicted molar refractivity (Wildman–Crippen MR) is 135 cm³/mol. The van der Waals surface area contributed by atoms with E-state index in [1.807, 2.05) is 30.3 Å². The molecule has 8 nitrogen and oxygen atoms in total. The van der Waals surface area contributed by atoms with E-state index >= 15 is 4.39 Å². The van der Waals surface area contributed by atoms with E-state index in [4.69, 9.17) is 9.15 Å². The summed E-state index contributed by atoms with van der Waals surface area (Å²) in [5.74, 6) is 1.38. The van der Waals surface area contributed by atoms with Gasteiger partial charge in [-0.25, -0.2) is 4.39 Å². The van der Waals surface area contributed by atoms with Crippen molar-refractivity contribution in [2.75, 3.05) is 38.2 Å². The van der Waals surface area contributed by atoms with Crippen LogP contribution in [0.5, 0.6) is 11.6 Å². The molecule has 0 amide bonds. The molecule has 1 N–H and O–H groups in total. The van der Waals surface area contributed by atoms with Gasteiger partial charge in [0, 0.05) is 37.4 Å². The lowest BCUT2D eigenvalue weighted by molar-refractivity contribution is 0.208. The number of benzene rings is 2. The fourth-order valence-electron chi connectivity index (χ4n) is 4.67. The number of aromatic hydroxyl groups is 1. The summed E-state index contributed by atoms with van der Waals surface area (Å²) < 4.78 is 27.1. The van der Waals surface area contributed by atoms with Gasteiger partial charge in [0.15, 0.2) is 5.76 Å². The number of piperazine rings is 1. The van der Waals surface area contributed by atoms with Crippen molar-refractivity contribution in [3.8, 4) is 23.2 Å². The topological polar surface area (TPSA) is 79.3 Å². The van der Waals surface area contributed by atoms with Crippen molar-refractivity contribution in [1.29, 1.82) is 0 Å². The number of ether oxygens (including phenoxy) is 1. The Bertz CT molecular complexity index is 1470. The molecule has 1 saturated heterocycles. The van der Waals surface area contributed by atoms with E-state index in [9.17, 15) is 5.11 Å². The SMILES string of the molecule is COc1ccc(N2CCN([C@@H](c3ccccc3F)c3sc4nc(-c5ccco5)nn4c3O)CC2)cc1. The van der Waals surface area contributed by atoms with Crippen LogP contribution in [0.2, 0.25) is 0 Å². The van der Waals surface area contributed by atoms with E-state index in [1.165, 1.54) is 21.9 Å².